The third kappa shape index (κ3) is 2.33. The summed E-state index contributed by atoms with van der Waals surface area (Å²) in [7, 11) is 0. The van der Waals surface area contributed by atoms with Crippen LogP contribution in [0.25, 0.3) is 0 Å². The maximum atomic E-state index is 12.9. The first-order chi connectivity index (χ1) is 10.9. The number of ketones is 2. The molecule has 0 amide bonds. The highest BCUT2D eigenvalue weighted by molar-refractivity contribution is 6.52. The molecule has 0 saturated heterocycles. The second-order valence-electron chi connectivity index (χ2n) is 4.98. The number of rotatable bonds is 2. The molecule has 116 valence electrons. The van der Waals surface area contributed by atoms with Crippen molar-refractivity contribution in [3.63, 3.8) is 0 Å². The Hall–Kier alpha value is -1.32. The van der Waals surface area contributed by atoms with E-state index >= 15 is 0 Å². The average molecular weight is 386 g/mol. The molecule has 2 nitrogen and oxygen atoms in total. The largest absolute Gasteiger partial charge is 0.289 e. The van der Waals surface area contributed by atoms with Crippen LogP contribution in [-0.4, -0.2) is 11.6 Å². The minimum absolute atomic E-state index is 0.0385. The van der Waals surface area contributed by atoms with Crippen LogP contribution in [0, 0.1) is 0 Å². The van der Waals surface area contributed by atoms with Gasteiger partial charge in [-0.25, -0.2) is 0 Å². The summed E-state index contributed by atoms with van der Waals surface area (Å²) >= 11 is 24.7. The highest BCUT2D eigenvalue weighted by Gasteiger charge is 2.37. The van der Waals surface area contributed by atoms with Crippen molar-refractivity contribution in [2.45, 2.75) is 6.42 Å². The van der Waals surface area contributed by atoms with Crippen LogP contribution in [0.2, 0.25) is 20.1 Å². The van der Waals surface area contributed by atoms with Gasteiger partial charge in [-0.1, -0.05) is 64.6 Å². The predicted octanol–water partition coefficient (Wildman–Crippen LogP) is 5.80. The highest BCUT2D eigenvalue weighted by atomic mass is 35.5. The fourth-order valence-electron chi connectivity index (χ4n) is 2.71. The number of carbonyl (C=O) groups excluding carboxylic acids is 2. The van der Waals surface area contributed by atoms with E-state index < -0.39 is 5.78 Å². The van der Waals surface area contributed by atoms with Gasteiger partial charge in [0, 0.05) is 11.1 Å². The molecule has 0 heterocycles. The SMILES string of the molecule is C=CCc1c(Cl)c(Cl)c(Cl)c2c1C(=O)c1cccc(Cl)c1C2=O. The lowest BCUT2D eigenvalue weighted by Gasteiger charge is -2.23. The number of carbonyl (C=O) groups is 2. The first kappa shape index (κ1) is 16.5. The topological polar surface area (TPSA) is 34.1 Å². The monoisotopic (exact) mass is 384 g/mol. The van der Waals surface area contributed by atoms with E-state index in [-0.39, 0.29) is 54.5 Å². The van der Waals surface area contributed by atoms with E-state index in [1.807, 2.05) is 0 Å². The van der Waals surface area contributed by atoms with Crippen molar-refractivity contribution in [2.75, 3.05) is 0 Å². The van der Waals surface area contributed by atoms with Gasteiger partial charge in [-0.3, -0.25) is 9.59 Å². The Balaban J connectivity index is 2.46. The molecule has 0 aromatic heterocycles. The third-order valence-electron chi connectivity index (χ3n) is 3.71. The molecule has 0 fully saturated rings. The van der Waals surface area contributed by atoms with Crippen molar-refractivity contribution in [1.29, 1.82) is 0 Å². The van der Waals surface area contributed by atoms with Gasteiger partial charge >= 0.3 is 0 Å². The second kappa shape index (κ2) is 5.95. The molecule has 0 spiro atoms. The van der Waals surface area contributed by atoms with Crippen LogP contribution >= 0.6 is 46.4 Å². The minimum Gasteiger partial charge on any atom is -0.289 e. The highest BCUT2D eigenvalue weighted by Crippen LogP contribution is 2.44. The van der Waals surface area contributed by atoms with Gasteiger partial charge in [-0.2, -0.15) is 0 Å². The fourth-order valence-corrected chi connectivity index (χ4v) is 3.77. The van der Waals surface area contributed by atoms with E-state index in [4.69, 9.17) is 46.4 Å². The Bertz CT molecular complexity index is 900. The lowest BCUT2D eigenvalue weighted by atomic mass is 9.81. The summed E-state index contributed by atoms with van der Waals surface area (Å²) in [5.74, 6) is -0.788. The van der Waals surface area contributed by atoms with E-state index in [2.05, 4.69) is 6.58 Å². The maximum Gasteiger partial charge on any atom is 0.197 e. The van der Waals surface area contributed by atoms with Crippen molar-refractivity contribution in [1.82, 2.24) is 0 Å². The Kier molecular flexibility index (Phi) is 4.28. The van der Waals surface area contributed by atoms with Gasteiger partial charge < -0.3 is 0 Å². The summed E-state index contributed by atoms with van der Waals surface area (Å²) in [6, 6.07) is 4.72. The number of hydrogen-bond acceptors (Lipinski definition) is 2. The minimum atomic E-state index is -0.436. The molecular formula is C17H8Cl4O2. The summed E-state index contributed by atoms with van der Waals surface area (Å²) in [6.07, 6.45) is 1.87. The van der Waals surface area contributed by atoms with Gasteiger partial charge in [-0.05, 0) is 18.1 Å². The van der Waals surface area contributed by atoms with Gasteiger partial charge in [0.15, 0.2) is 11.6 Å². The molecule has 1 aliphatic rings. The summed E-state index contributed by atoms with van der Waals surface area (Å²) < 4.78 is 0. The number of hydrogen-bond donors (Lipinski definition) is 0. The summed E-state index contributed by atoms with van der Waals surface area (Å²) in [6.45, 7) is 3.65. The molecule has 3 rings (SSSR count). The van der Waals surface area contributed by atoms with Crippen LogP contribution in [-0.2, 0) is 6.42 Å². The quantitative estimate of drug-likeness (QED) is 0.412. The van der Waals surface area contributed by atoms with Crippen LogP contribution in [0.4, 0.5) is 0 Å². The molecule has 0 aliphatic heterocycles. The molecule has 2 aromatic carbocycles. The predicted molar refractivity (Wildman–Crippen MR) is 93.7 cm³/mol. The van der Waals surface area contributed by atoms with E-state index in [0.717, 1.165) is 0 Å². The van der Waals surface area contributed by atoms with Crippen molar-refractivity contribution < 1.29 is 9.59 Å². The zero-order valence-electron chi connectivity index (χ0n) is 11.6. The van der Waals surface area contributed by atoms with E-state index in [9.17, 15) is 9.59 Å². The standard InChI is InChI=1S/C17H8Cl4O2/c1-2-4-7-11-12(14(20)15(21)13(7)19)17(23)10-8(16(11)22)5-3-6-9(10)18/h2-3,5-6H,1,4H2. The number of benzene rings is 2. The van der Waals surface area contributed by atoms with Crippen LogP contribution in [0.3, 0.4) is 0 Å². The lowest BCUT2D eigenvalue weighted by Crippen LogP contribution is -2.24. The lowest BCUT2D eigenvalue weighted by molar-refractivity contribution is 0.0978. The van der Waals surface area contributed by atoms with E-state index in [0.29, 0.717) is 5.56 Å². The Morgan fingerprint density at radius 2 is 1.57 bits per heavy atom. The third-order valence-corrected chi connectivity index (χ3v) is 5.39. The molecule has 23 heavy (non-hydrogen) atoms. The fraction of sp³-hybridized carbons (Fsp3) is 0.0588. The molecule has 0 radical (unpaired) electrons. The van der Waals surface area contributed by atoms with E-state index in [1.165, 1.54) is 0 Å². The first-order valence-electron chi connectivity index (χ1n) is 6.58. The van der Waals surface area contributed by atoms with Gasteiger partial charge in [0.25, 0.3) is 0 Å². The maximum absolute atomic E-state index is 12.9. The number of fused-ring (bicyclic) bond motifs is 2. The van der Waals surface area contributed by atoms with E-state index in [1.54, 1.807) is 24.3 Å². The van der Waals surface area contributed by atoms with Gasteiger partial charge in [0.05, 0.1) is 31.2 Å². The van der Waals surface area contributed by atoms with Crippen molar-refractivity contribution in [3.8, 4) is 0 Å². The molecule has 0 N–H and O–H groups in total. The molecule has 6 heteroatoms. The summed E-state index contributed by atoms with van der Waals surface area (Å²) in [4.78, 5) is 25.8. The Morgan fingerprint density at radius 1 is 0.870 bits per heavy atom. The van der Waals surface area contributed by atoms with Crippen molar-refractivity contribution in [3.05, 3.63) is 78.8 Å². The van der Waals surface area contributed by atoms with Crippen molar-refractivity contribution in [2.24, 2.45) is 0 Å². The normalized spacial score (nSPS) is 12.9. The van der Waals surface area contributed by atoms with Gasteiger partial charge in [0.2, 0.25) is 0 Å². The van der Waals surface area contributed by atoms with Crippen LogP contribution in [0.1, 0.15) is 37.4 Å². The number of halogens is 4. The van der Waals surface area contributed by atoms with Crippen LogP contribution < -0.4 is 0 Å². The zero-order valence-corrected chi connectivity index (χ0v) is 14.6. The van der Waals surface area contributed by atoms with Crippen LogP contribution in [0.15, 0.2) is 30.9 Å². The molecule has 0 unspecified atom stereocenters. The Morgan fingerprint density at radius 3 is 2.22 bits per heavy atom. The molecule has 0 saturated carbocycles. The zero-order chi connectivity index (χ0) is 16.9. The van der Waals surface area contributed by atoms with Gasteiger partial charge in [-0.15, -0.1) is 6.58 Å². The second-order valence-corrected chi connectivity index (χ2v) is 6.53. The smallest absolute Gasteiger partial charge is 0.197 e. The van der Waals surface area contributed by atoms with Gasteiger partial charge in [0.1, 0.15) is 0 Å². The summed E-state index contributed by atoms with van der Waals surface area (Å²) in [5, 5.41) is 0.352. The first-order valence-corrected chi connectivity index (χ1v) is 8.09. The average Bonchev–Trinajstić information content (AvgIpc) is 2.53. The molecule has 1 aliphatic carbocycles. The van der Waals surface area contributed by atoms with Crippen molar-refractivity contribution >= 4 is 58.0 Å². The molecule has 0 bridgehead atoms. The van der Waals surface area contributed by atoms with Crippen LogP contribution in [0.5, 0.6) is 0 Å². The number of allylic oxidation sites excluding steroid dienone is 1. The molecule has 2 aromatic rings. The summed E-state index contributed by atoms with van der Waals surface area (Å²) in [5.41, 5.74) is 1.02. The molecular weight excluding hydrogens is 378 g/mol. The Labute approximate surface area is 152 Å². The molecule has 0 atom stereocenters.